The Morgan fingerprint density at radius 1 is 1.53 bits per heavy atom. The zero-order valence-electron chi connectivity index (χ0n) is 9.48. The van der Waals surface area contributed by atoms with E-state index in [0.29, 0.717) is 24.3 Å². The lowest BCUT2D eigenvalue weighted by Gasteiger charge is -2.22. The van der Waals surface area contributed by atoms with Crippen molar-refractivity contribution in [2.24, 2.45) is 5.92 Å². The molecule has 17 heavy (non-hydrogen) atoms. The first-order valence-corrected chi connectivity index (χ1v) is 5.67. The van der Waals surface area contributed by atoms with Gasteiger partial charge in [-0.25, -0.2) is 0 Å². The summed E-state index contributed by atoms with van der Waals surface area (Å²) in [6, 6.07) is 9.13. The number of hydrogen-bond donors (Lipinski definition) is 1. The Balaban J connectivity index is 1.89. The molecular weight excluding hydrogens is 216 g/mol. The Kier molecular flexibility index (Phi) is 3.61. The van der Waals surface area contributed by atoms with Gasteiger partial charge in [0, 0.05) is 18.9 Å². The molecule has 0 aromatic heterocycles. The van der Waals surface area contributed by atoms with Crippen molar-refractivity contribution in [3.63, 3.8) is 0 Å². The summed E-state index contributed by atoms with van der Waals surface area (Å²) in [5.74, 6) is 1.06. The van der Waals surface area contributed by atoms with Crippen molar-refractivity contribution in [2.45, 2.75) is 12.8 Å². The minimum absolute atomic E-state index is 0.0932. The van der Waals surface area contributed by atoms with E-state index in [9.17, 15) is 4.79 Å². The van der Waals surface area contributed by atoms with E-state index in [2.05, 4.69) is 11.4 Å². The predicted molar refractivity (Wildman–Crippen MR) is 62.4 cm³/mol. The second kappa shape index (κ2) is 5.35. The van der Waals surface area contributed by atoms with Gasteiger partial charge in [-0.15, -0.1) is 0 Å². The van der Waals surface area contributed by atoms with Crippen LogP contribution in [0.2, 0.25) is 0 Å². The summed E-state index contributed by atoms with van der Waals surface area (Å²) in [4.78, 5) is 11.2. The number of amides is 1. The molecule has 1 N–H and O–H groups in total. The van der Waals surface area contributed by atoms with Crippen LogP contribution in [-0.2, 0) is 4.79 Å². The first-order valence-electron chi connectivity index (χ1n) is 5.67. The van der Waals surface area contributed by atoms with Crippen LogP contribution in [0, 0.1) is 17.2 Å². The Labute approximate surface area is 100 Å². The maximum absolute atomic E-state index is 11.2. The van der Waals surface area contributed by atoms with Crippen LogP contribution >= 0.6 is 0 Å². The third-order valence-corrected chi connectivity index (χ3v) is 2.80. The van der Waals surface area contributed by atoms with Crippen LogP contribution in [0.3, 0.4) is 0 Å². The van der Waals surface area contributed by atoms with Gasteiger partial charge in [0.1, 0.15) is 5.75 Å². The van der Waals surface area contributed by atoms with E-state index < -0.39 is 0 Å². The van der Waals surface area contributed by atoms with E-state index >= 15 is 0 Å². The molecule has 1 atom stereocenters. The molecule has 1 fully saturated rings. The fourth-order valence-corrected chi connectivity index (χ4v) is 1.86. The maximum atomic E-state index is 11.2. The van der Waals surface area contributed by atoms with Crippen LogP contribution < -0.4 is 10.1 Å². The molecule has 1 aromatic rings. The van der Waals surface area contributed by atoms with Crippen LogP contribution in [0.15, 0.2) is 24.3 Å². The average molecular weight is 230 g/mol. The number of benzene rings is 1. The number of carbonyl (C=O) groups excluding carboxylic acids is 1. The Hall–Kier alpha value is -2.02. The Morgan fingerprint density at radius 3 is 3.18 bits per heavy atom. The van der Waals surface area contributed by atoms with Gasteiger partial charge in [0.05, 0.1) is 18.2 Å². The highest BCUT2D eigenvalue weighted by atomic mass is 16.5. The van der Waals surface area contributed by atoms with Crippen molar-refractivity contribution in [1.82, 2.24) is 5.32 Å². The first-order chi connectivity index (χ1) is 8.28. The number of hydrogen-bond acceptors (Lipinski definition) is 3. The second-order valence-electron chi connectivity index (χ2n) is 4.16. The van der Waals surface area contributed by atoms with E-state index in [4.69, 9.17) is 10.00 Å². The van der Waals surface area contributed by atoms with Crippen molar-refractivity contribution >= 4 is 5.91 Å². The minimum atomic E-state index is 0.0932. The number of nitrogens with zero attached hydrogens (tertiary/aromatic N) is 1. The van der Waals surface area contributed by atoms with E-state index in [-0.39, 0.29) is 11.8 Å². The van der Waals surface area contributed by atoms with Gasteiger partial charge in [-0.1, -0.05) is 6.07 Å². The van der Waals surface area contributed by atoms with Crippen molar-refractivity contribution < 1.29 is 9.53 Å². The third kappa shape index (κ3) is 3.22. The van der Waals surface area contributed by atoms with Crippen LogP contribution in [-0.4, -0.2) is 19.1 Å². The molecule has 0 spiro atoms. The van der Waals surface area contributed by atoms with Gasteiger partial charge in [0.15, 0.2) is 0 Å². The van der Waals surface area contributed by atoms with Crippen LogP contribution in [0.5, 0.6) is 5.75 Å². The van der Waals surface area contributed by atoms with Gasteiger partial charge >= 0.3 is 0 Å². The molecule has 1 aliphatic rings. The molecule has 2 rings (SSSR count). The summed E-state index contributed by atoms with van der Waals surface area (Å²) in [6.45, 7) is 1.26. The van der Waals surface area contributed by atoms with Crippen molar-refractivity contribution in [3.8, 4) is 11.8 Å². The number of nitriles is 1. The molecule has 88 valence electrons. The summed E-state index contributed by atoms with van der Waals surface area (Å²) in [7, 11) is 0. The van der Waals surface area contributed by atoms with Gasteiger partial charge in [0.25, 0.3) is 0 Å². The fourth-order valence-electron chi connectivity index (χ4n) is 1.86. The lowest BCUT2D eigenvalue weighted by atomic mass is 9.99. The van der Waals surface area contributed by atoms with E-state index in [0.717, 1.165) is 13.0 Å². The molecule has 1 aliphatic heterocycles. The quantitative estimate of drug-likeness (QED) is 0.855. The van der Waals surface area contributed by atoms with Crippen LogP contribution in [0.25, 0.3) is 0 Å². The highest BCUT2D eigenvalue weighted by Crippen LogP contribution is 2.17. The summed E-state index contributed by atoms with van der Waals surface area (Å²) >= 11 is 0. The van der Waals surface area contributed by atoms with Crippen LogP contribution in [0.1, 0.15) is 18.4 Å². The highest BCUT2D eigenvalue weighted by Gasteiger charge is 2.19. The standard InChI is InChI=1S/C13H14N2O2/c14-8-10-2-1-3-12(6-10)17-9-11-4-5-15-13(16)7-11/h1-3,6,11H,4-5,7,9H2,(H,15,16). The number of rotatable bonds is 3. The SMILES string of the molecule is N#Cc1cccc(OCC2CCNC(=O)C2)c1. The summed E-state index contributed by atoms with van der Waals surface area (Å²) in [5, 5.41) is 11.5. The normalized spacial score (nSPS) is 19.2. The molecule has 1 saturated heterocycles. The second-order valence-corrected chi connectivity index (χ2v) is 4.16. The van der Waals surface area contributed by atoms with Crippen molar-refractivity contribution in [3.05, 3.63) is 29.8 Å². The van der Waals surface area contributed by atoms with Gasteiger partial charge in [-0.05, 0) is 24.6 Å². The fraction of sp³-hybridized carbons (Fsp3) is 0.385. The number of carbonyl (C=O) groups is 1. The third-order valence-electron chi connectivity index (χ3n) is 2.80. The molecule has 0 radical (unpaired) electrons. The minimum Gasteiger partial charge on any atom is -0.493 e. The van der Waals surface area contributed by atoms with Gasteiger partial charge < -0.3 is 10.1 Å². The highest BCUT2D eigenvalue weighted by molar-refractivity contribution is 5.76. The van der Waals surface area contributed by atoms with Gasteiger partial charge in [-0.2, -0.15) is 5.26 Å². The maximum Gasteiger partial charge on any atom is 0.220 e. The molecule has 4 heteroatoms. The summed E-state index contributed by atoms with van der Waals surface area (Å²) in [6.07, 6.45) is 1.47. The van der Waals surface area contributed by atoms with Crippen molar-refractivity contribution in [2.75, 3.05) is 13.2 Å². The molecular formula is C13H14N2O2. The van der Waals surface area contributed by atoms with E-state index in [1.165, 1.54) is 0 Å². The average Bonchev–Trinajstić information content (AvgIpc) is 2.37. The topological polar surface area (TPSA) is 62.1 Å². The molecule has 1 heterocycles. The monoisotopic (exact) mass is 230 g/mol. The van der Waals surface area contributed by atoms with E-state index in [1.54, 1.807) is 18.2 Å². The zero-order chi connectivity index (χ0) is 12.1. The lowest BCUT2D eigenvalue weighted by molar-refractivity contribution is -0.123. The van der Waals surface area contributed by atoms with Crippen LogP contribution in [0.4, 0.5) is 0 Å². The van der Waals surface area contributed by atoms with Gasteiger partial charge in [-0.3, -0.25) is 4.79 Å². The molecule has 1 aromatic carbocycles. The largest absolute Gasteiger partial charge is 0.493 e. The molecule has 0 bridgehead atoms. The summed E-state index contributed by atoms with van der Waals surface area (Å²) < 4.78 is 5.61. The zero-order valence-corrected chi connectivity index (χ0v) is 9.48. The van der Waals surface area contributed by atoms with Crippen molar-refractivity contribution in [1.29, 1.82) is 5.26 Å². The number of ether oxygens (including phenoxy) is 1. The molecule has 4 nitrogen and oxygen atoms in total. The van der Waals surface area contributed by atoms with Gasteiger partial charge in [0.2, 0.25) is 5.91 Å². The Morgan fingerprint density at radius 2 is 2.41 bits per heavy atom. The molecule has 1 amide bonds. The summed E-state index contributed by atoms with van der Waals surface area (Å²) in [5.41, 5.74) is 0.587. The predicted octanol–water partition coefficient (Wildman–Crippen LogP) is 1.46. The smallest absolute Gasteiger partial charge is 0.220 e. The first kappa shape index (κ1) is 11.5. The Bertz CT molecular complexity index is 451. The van der Waals surface area contributed by atoms with E-state index in [1.807, 2.05) is 6.07 Å². The lowest BCUT2D eigenvalue weighted by Crippen LogP contribution is -2.35. The number of piperidine rings is 1. The molecule has 0 aliphatic carbocycles. The number of nitrogens with one attached hydrogen (secondary N) is 1. The molecule has 0 saturated carbocycles. The molecule has 1 unspecified atom stereocenters.